The largest absolute Gasteiger partial charge is 0.256 e. The Morgan fingerprint density at radius 1 is 0.882 bits per heavy atom. The lowest BCUT2D eigenvalue weighted by molar-refractivity contribution is 1.52. The maximum atomic E-state index is 6.02. The molecule has 0 bridgehead atoms. The molecule has 2 aromatic rings. The van der Waals surface area contributed by atoms with Crippen LogP contribution in [-0.2, 0) is 0 Å². The molecule has 0 N–H and O–H groups in total. The lowest BCUT2D eigenvalue weighted by Crippen LogP contribution is -1.82. The topological polar surface area (TPSA) is 12.4 Å². The Morgan fingerprint density at radius 2 is 1.65 bits per heavy atom. The number of rotatable bonds is 2. The van der Waals surface area contributed by atoms with Gasteiger partial charge in [0.05, 0.1) is 5.69 Å². The number of aliphatic imine (C=N–C) groups is 1. The van der Waals surface area contributed by atoms with Crippen LogP contribution in [-0.4, -0.2) is 6.21 Å². The Bertz CT molecular complexity index is 564. The number of nitrogens with zero attached hydrogens (tertiary/aromatic N) is 1. The van der Waals surface area contributed by atoms with E-state index < -0.39 is 0 Å². The van der Waals surface area contributed by atoms with Gasteiger partial charge >= 0.3 is 0 Å². The van der Waals surface area contributed by atoms with Gasteiger partial charge in [-0.3, -0.25) is 4.99 Å². The first-order valence-corrected chi connectivity index (χ1v) is 6.03. The number of hydrogen-bond donors (Lipinski definition) is 0. The molecule has 0 unspecified atom stereocenters. The Hall–Kier alpha value is -1.02. The third-order valence-corrected chi connectivity index (χ3v) is 2.93. The highest BCUT2D eigenvalue weighted by Crippen LogP contribution is 2.21. The number of halogens is 3. The second kappa shape index (κ2) is 5.54. The zero-order valence-corrected chi connectivity index (χ0v) is 11.0. The fourth-order valence-corrected chi connectivity index (χ4v) is 1.85. The monoisotopic (exact) mass is 283 g/mol. The van der Waals surface area contributed by atoms with Gasteiger partial charge in [-0.1, -0.05) is 40.9 Å². The SMILES string of the molecule is Clc1cccc(/N=C/c2cc(Cl)ccc2Cl)c1. The summed E-state index contributed by atoms with van der Waals surface area (Å²) in [4.78, 5) is 4.29. The first kappa shape index (κ1) is 12.4. The summed E-state index contributed by atoms with van der Waals surface area (Å²) in [5.41, 5.74) is 1.55. The first-order chi connectivity index (χ1) is 8.15. The van der Waals surface area contributed by atoms with Crippen LogP contribution >= 0.6 is 34.8 Å². The Labute approximate surface area is 115 Å². The first-order valence-electron chi connectivity index (χ1n) is 4.90. The fraction of sp³-hybridized carbons (Fsp3) is 0. The summed E-state index contributed by atoms with van der Waals surface area (Å²) in [5, 5.41) is 1.89. The van der Waals surface area contributed by atoms with Crippen LogP contribution in [0, 0.1) is 0 Å². The highest BCUT2D eigenvalue weighted by molar-refractivity contribution is 6.35. The van der Waals surface area contributed by atoms with E-state index in [1.807, 2.05) is 12.1 Å². The van der Waals surface area contributed by atoms with Gasteiger partial charge in [0.1, 0.15) is 0 Å². The molecule has 0 fully saturated rings. The van der Waals surface area contributed by atoms with Gasteiger partial charge in [0.2, 0.25) is 0 Å². The molecule has 0 heterocycles. The highest BCUT2D eigenvalue weighted by Gasteiger charge is 1.98. The maximum absolute atomic E-state index is 6.02. The van der Waals surface area contributed by atoms with Crippen molar-refractivity contribution in [3.05, 3.63) is 63.1 Å². The average Bonchev–Trinajstić information content (AvgIpc) is 2.30. The summed E-state index contributed by atoms with van der Waals surface area (Å²) in [6.45, 7) is 0. The molecule has 17 heavy (non-hydrogen) atoms. The Balaban J connectivity index is 2.29. The van der Waals surface area contributed by atoms with Crippen molar-refractivity contribution in [3.8, 4) is 0 Å². The van der Waals surface area contributed by atoms with Crippen LogP contribution in [0.25, 0.3) is 0 Å². The molecule has 0 spiro atoms. The molecule has 4 heteroatoms. The summed E-state index contributed by atoms with van der Waals surface area (Å²) in [6.07, 6.45) is 1.67. The molecule has 0 aromatic heterocycles. The van der Waals surface area contributed by atoms with Crippen LogP contribution in [0.3, 0.4) is 0 Å². The van der Waals surface area contributed by atoms with Crippen molar-refractivity contribution >= 4 is 46.7 Å². The molecular weight excluding hydrogens is 277 g/mol. The molecule has 2 rings (SSSR count). The minimum Gasteiger partial charge on any atom is -0.256 e. The zero-order valence-electron chi connectivity index (χ0n) is 8.70. The van der Waals surface area contributed by atoms with Gasteiger partial charge < -0.3 is 0 Å². The second-order valence-corrected chi connectivity index (χ2v) is 4.68. The third-order valence-electron chi connectivity index (χ3n) is 2.12. The summed E-state index contributed by atoms with van der Waals surface area (Å²) < 4.78 is 0. The third kappa shape index (κ3) is 3.47. The quantitative estimate of drug-likeness (QED) is 0.655. The smallest absolute Gasteiger partial charge is 0.0644 e. The van der Waals surface area contributed by atoms with Crippen molar-refractivity contribution in [2.24, 2.45) is 4.99 Å². The predicted molar refractivity (Wildman–Crippen MR) is 75.2 cm³/mol. The average molecular weight is 285 g/mol. The van der Waals surface area contributed by atoms with Gasteiger partial charge in [-0.2, -0.15) is 0 Å². The van der Waals surface area contributed by atoms with E-state index in [2.05, 4.69) is 4.99 Å². The zero-order chi connectivity index (χ0) is 12.3. The predicted octanol–water partition coefficient (Wildman–Crippen LogP) is 5.40. The lowest BCUT2D eigenvalue weighted by atomic mass is 10.2. The van der Waals surface area contributed by atoms with E-state index >= 15 is 0 Å². The molecule has 0 aliphatic carbocycles. The second-order valence-electron chi connectivity index (χ2n) is 3.40. The van der Waals surface area contributed by atoms with E-state index in [0.717, 1.165) is 11.3 Å². The van der Waals surface area contributed by atoms with Gasteiger partial charge in [0, 0.05) is 26.8 Å². The number of benzene rings is 2. The van der Waals surface area contributed by atoms with Gasteiger partial charge in [-0.15, -0.1) is 0 Å². The summed E-state index contributed by atoms with van der Waals surface area (Å²) in [5.74, 6) is 0. The van der Waals surface area contributed by atoms with E-state index in [4.69, 9.17) is 34.8 Å². The Kier molecular flexibility index (Phi) is 4.06. The molecule has 2 aromatic carbocycles. The van der Waals surface area contributed by atoms with Crippen LogP contribution < -0.4 is 0 Å². The minimum atomic E-state index is 0.611. The van der Waals surface area contributed by atoms with Crippen molar-refractivity contribution in [1.82, 2.24) is 0 Å². The molecule has 0 atom stereocenters. The summed E-state index contributed by atoms with van der Waals surface area (Å²) in [7, 11) is 0. The highest BCUT2D eigenvalue weighted by atomic mass is 35.5. The Morgan fingerprint density at radius 3 is 2.41 bits per heavy atom. The molecule has 0 saturated heterocycles. The molecule has 0 aliphatic rings. The summed E-state index contributed by atoms with van der Waals surface area (Å²) in [6, 6.07) is 12.5. The van der Waals surface area contributed by atoms with E-state index in [1.54, 1.807) is 36.5 Å². The molecule has 1 nitrogen and oxygen atoms in total. The normalized spacial score (nSPS) is 11.0. The van der Waals surface area contributed by atoms with Gasteiger partial charge in [0.25, 0.3) is 0 Å². The van der Waals surface area contributed by atoms with Crippen molar-refractivity contribution in [1.29, 1.82) is 0 Å². The van der Waals surface area contributed by atoms with Gasteiger partial charge in [-0.05, 0) is 36.4 Å². The van der Waals surface area contributed by atoms with Crippen molar-refractivity contribution in [2.45, 2.75) is 0 Å². The standard InChI is InChI=1S/C13H8Cl3N/c14-10-2-1-3-12(7-10)17-8-9-6-11(15)4-5-13(9)16/h1-8H/b17-8+. The summed E-state index contributed by atoms with van der Waals surface area (Å²) >= 11 is 17.8. The maximum Gasteiger partial charge on any atom is 0.0644 e. The van der Waals surface area contributed by atoms with E-state index in [-0.39, 0.29) is 0 Å². The molecule has 0 amide bonds. The van der Waals surface area contributed by atoms with Crippen LogP contribution in [0.2, 0.25) is 15.1 Å². The van der Waals surface area contributed by atoms with Crippen molar-refractivity contribution < 1.29 is 0 Å². The molecule has 0 saturated carbocycles. The van der Waals surface area contributed by atoms with Crippen LogP contribution in [0.15, 0.2) is 47.5 Å². The molecule has 86 valence electrons. The van der Waals surface area contributed by atoms with Gasteiger partial charge in [-0.25, -0.2) is 0 Å². The van der Waals surface area contributed by atoms with Crippen LogP contribution in [0.1, 0.15) is 5.56 Å². The number of hydrogen-bond acceptors (Lipinski definition) is 1. The van der Waals surface area contributed by atoms with E-state index in [1.165, 1.54) is 0 Å². The molecule has 0 radical (unpaired) electrons. The lowest BCUT2D eigenvalue weighted by Gasteiger charge is -1.99. The van der Waals surface area contributed by atoms with E-state index in [9.17, 15) is 0 Å². The minimum absolute atomic E-state index is 0.611. The van der Waals surface area contributed by atoms with E-state index in [0.29, 0.717) is 15.1 Å². The van der Waals surface area contributed by atoms with Crippen LogP contribution in [0.4, 0.5) is 5.69 Å². The molecule has 0 aliphatic heterocycles. The van der Waals surface area contributed by atoms with Crippen molar-refractivity contribution in [2.75, 3.05) is 0 Å². The van der Waals surface area contributed by atoms with Gasteiger partial charge in [0.15, 0.2) is 0 Å². The fourth-order valence-electron chi connectivity index (χ4n) is 1.31. The van der Waals surface area contributed by atoms with Crippen LogP contribution in [0.5, 0.6) is 0 Å². The molecular formula is C13H8Cl3N. The van der Waals surface area contributed by atoms with Crippen molar-refractivity contribution in [3.63, 3.8) is 0 Å².